The summed E-state index contributed by atoms with van der Waals surface area (Å²) in [4.78, 5) is 39.0. The van der Waals surface area contributed by atoms with Crippen molar-refractivity contribution in [2.45, 2.75) is 37.9 Å². The maximum absolute atomic E-state index is 13.1. The minimum Gasteiger partial charge on any atom is -0.492 e. The normalized spacial score (nSPS) is 13.3. The molecule has 13 heteroatoms. The molecule has 9 nitrogen and oxygen atoms in total. The van der Waals surface area contributed by atoms with E-state index in [1.54, 1.807) is 35.5 Å². The Labute approximate surface area is 210 Å². The summed E-state index contributed by atoms with van der Waals surface area (Å²) in [5, 5.41) is 10.7. The molecule has 196 valence electrons. The summed E-state index contributed by atoms with van der Waals surface area (Å²) in [5.41, 5.74) is 6.71. The van der Waals surface area contributed by atoms with Crippen LogP contribution in [0.15, 0.2) is 42.7 Å². The second-order valence-electron chi connectivity index (χ2n) is 7.83. The standard InChI is InChI=1S/C21H25ClN4O3.C2HF3O2/c22-16-11-15(21(28)26(14-20(23)27)18-3-1-2-4-18)12-19(13-16)29-10-9-25-17-5-7-24-8-6-17;3-2(4,5)1(6)7/h5-8,11-13,18H,1-4,9-10,14H2,(H2,23,27)(H,24,25);(H,6,7). The monoisotopic (exact) mass is 530 g/mol. The Morgan fingerprint density at radius 2 is 1.78 bits per heavy atom. The molecule has 1 aliphatic carbocycles. The SMILES string of the molecule is NC(=O)CN(C(=O)c1cc(Cl)cc(OCCNc2ccncc2)c1)C1CCCC1.O=C(O)C(F)(F)F. The Kier molecular flexibility index (Phi) is 10.8. The first-order valence-corrected chi connectivity index (χ1v) is 11.3. The van der Waals surface area contributed by atoms with Gasteiger partial charge in [-0.25, -0.2) is 4.79 Å². The summed E-state index contributed by atoms with van der Waals surface area (Å²) in [6.45, 7) is 0.877. The van der Waals surface area contributed by atoms with Gasteiger partial charge in [0.05, 0.1) is 6.54 Å². The summed E-state index contributed by atoms with van der Waals surface area (Å²) in [7, 11) is 0. The van der Waals surface area contributed by atoms with Gasteiger partial charge in [0, 0.05) is 41.3 Å². The molecule has 0 saturated heterocycles. The van der Waals surface area contributed by atoms with E-state index in [2.05, 4.69) is 10.3 Å². The Hall–Kier alpha value is -3.54. The van der Waals surface area contributed by atoms with Crippen LogP contribution in [0.1, 0.15) is 36.0 Å². The van der Waals surface area contributed by atoms with Gasteiger partial charge in [0.15, 0.2) is 0 Å². The van der Waals surface area contributed by atoms with Crippen molar-refractivity contribution in [3.8, 4) is 5.75 Å². The first-order chi connectivity index (χ1) is 17.0. The van der Waals surface area contributed by atoms with E-state index in [-0.39, 0.29) is 18.5 Å². The number of carboxylic acid groups (broad SMARTS) is 1. The number of nitrogens with zero attached hydrogens (tertiary/aromatic N) is 2. The van der Waals surface area contributed by atoms with Crippen LogP contribution in [0.5, 0.6) is 5.75 Å². The number of carbonyl (C=O) groups excluding carboxylic acids is 2. The fraction of sp³-hybridized carbons (Fsp3) is 0.391. The number of carbonyl (C=O) groups is 3. The summed E-state index contributed by atoms with van der Waals surface area (Å²) in [6.07, 6.45) is 2.18. The number of anilines is 1. The Morgan fingerprint density at radius 1 is 1.17 bits per heavy atom. The fourth-order valence-electron chi connectivity index (χ4n) is 3.52. The van der Waals surface area contributed by atoms with Crippen LogP contribution < -0.4 is 15.8 Å². The van der Waals surface area contributed by atoms with Crippen molar-refractivity contribution in [2.75, 3.05) is 25.0 Å². The number of halogens is 4. The zero-order chi connectivity index (χ0) is 26.7. The maximum Gasteiger partial charge on any atom is 0.490 e. The molecule has 1 aliphatic rings. The smallest absolute Gasteiger partial charge is 0.490 e. The van der Waals surface area contributed by atoms with Crippen molar-refractivity contribution in [3.63, 3.8) is 0 Å². The number of nitrogens with two attached hydrogens (primary N) is 1. The average molecular weight is 531 g/mol. The first-order valence-electron chi connectivity index (χ1n) is 10.9. The van der Waals surface area contributed by atoms with Crippen molar-refractivity contribution in [1.29, 1.82) is 0 Å². The van der Waals surface area contributed by atoms with E-state index in [0.717, 1.165) is 31.4 Å². The molecule has 0 radical (unpaired) electrons. The van der Waals surface area contributed by atoms with Crippen LogP contribution in [-0.4, -0.2) is 64.7 Å². The highest BCUT2D eigenvalue weighted by molar-refractivity contribution is 6.31. The number of alkyl halides is 3. The van der Waals surface area contributed by atoms with Crippen LogP contribution in [0.3, 0.4) is 0 Å². The zero-order valence-corrected chi connectivity index (χ0v) is 19.9. The third-order valence-electron chi connectivity index (χ3n) is 5.09. The Balaban J connectivity index is 0.000000572. The number of rotatable bonds is 9. The van der Waals surface area contributed by atoms with E-state index in [1.807, 2.05) is 12.1 Å². The number of carboxylic acids is 1. The second kappa shape index (κ2) is 13.5. The largest absolute Gasteiger partial charge is 0.492 e. The molecule has 36 heavy (non-hydrogen) atoms. The molecule has 0 atom stereocenters. The fourth-order valence-corrected chi connectivity index (χ4v) is 3.75. The van der Waals surface area contributed by atoms with Crippen molar-refractivity contribution >= 4 is 35.1 Å². The van der Waals surface area contributed by atoms with Crippen LogP contribution in [0.25, 0.3) is 0 Å². The van der Waals surface area contributed by atoms with E-state index in [1.165, 1.54) is 0 Å². The summed E-state index contributed by atoms with van der Waals surface area (Å²) < 4.78 is 37.5. The lowest BCUT2D eigenvalue weighted by atomic mass is 10.1. The van der Waals surface area contributed by atoms with E-state index < -0.39 is 18.1 Å². The molecule has 4 N–H and O–H groups in total. The van der Waals surface area contributed by atoms with Crippen LogP contribution >= 0.6 is 11.6 Å². The Morgan fingerprint density at radius 3 is 2.33 bits per heavy atom. The van der Waals surface area contributed by atoms with Gasteiger partial charge < -0.3 is 25.8 Å². The molecular formula is C23H26ClF3N4O5. The highest BCUT2D eigenvalue weighted by Crippen LogP contribution is 2.27. The van der Waals surface area contributed by atoms with Crippen molar-refractivity contribution in [3.05, 3.63) is 53.3 Å². The minimum absolute atomic E-state index is 0.0305. The number of pyridine rings is 1. The number of aliphatic carboxylic acids is 1. The lowest BCUT2D eigenvalue weighted by Crippen LogP contribution is -2.44. The van der Waals surface area contributed by atoms with Gasteiger partial charge in [0.1, 0.15) is 12.4 Å². The lowest BCUT2D eigenvalue weighted by Gasteiger charge is -2.28. The number of hydrogen-bond donors (Lipinski definition) is 3. The molecule has 1 aromatic heterocycles. The van der Waals surface area contributed by atoms with Gasteiger partial charge in [0.25, 0.3) is 5.91 Å². The summed E-state index contributed by atoms with van der Waals surface area (Å²) >= 11 is 6.21. The van der Waals surface area contributed by atoms with Gasteiger partial charge in [0.2, 0.25) is 5.91 Å². The van der Waals surface area contributed by atoms with Crippen LogP contribution in [0.4, 0.5) is 18.9 Å². The van der Waals surface area contributed by atoms with Crippen molar-refractivity contribution < 1.29 is 37.4 Å². The zero-order valence-electron chi connectivity index (χ0n) is 19.1. The van der Waals surface area contributed by atoms with Crippen LogP contribution in [0.2, 0.25) is 5.02 Å². The number of aromatic nitrogens is 1. The van der Waals surface area contributed by atoms with Gasteiger partial charge >= 0.3 is 12.1 Å². The quantitative estimate of drug-likeness (QED) is 0.420. The molecular weight excluding hydrogens is 505 g/mol. The third-order valence-corrected chi connectivity index (χ3v) is 5.31. The molecule has 0 unspecified atom stereocenters. The predicted molar refractivity (Wildman–Crippen MR) is 126 cm³/mol. The molecule has 1 heterocycles. The molecule has 1 aromatic carbocycles. The number of ether oxygens (including phenoxy) is 1. The topological polar surface area (TPSA) is 135 Å². The maximum atomic E-state index is 13.1. The van der Waals surface area contributed by atoms with Gasteiger partial charge in [-0.15, -0.1) is 0 Å². The predicted octanol–water partition coefficient (Wildman–Crippen LogP) is 3.73. The van der Waals surface area contributed by atoms with Gasteiger partial charge in [-0.2, -0.15) is 13.2 Å². The van der Waals surface area contributed by atoms with Crippen LogP contribution in [-0.2, 0) is 9.59 Å². The molecule has 0 bridgehead atoms. The highest BCUT2D eigenvalue weighted by Gasteiger charge is 2.38. The molecule has 2 aromatic rings. The average Bonchev–Trinajstić information content (AvgIpc) is 3.34. The highest BCUT2D eigenvalue weighted by atomic mass is 35.5. The van der Waals surface area contributed by atoms with Gasteiger partial charge in [-0.1, -0.05) is 24.4 Å². The van der Waals surface area contributed by atoms with Crippen molar-refractivity contribution in [2.24, 2.45) is 5.73 Å². The number of hydrogen-bond acceptors (Lipinski definition) is 6. The summed E-state index contributed by atoms with van der Waals surface area (Å²) in [6, 6.07) is 8.68. The minimum atomic E-state index is -5.08. The second-order valence-corrected chi connectivity index (χ2v) is 8.26. The third kappa shape index (κ3) is 9.61. The van der Waals surface area contributed by atoms with Gasteiger partial charge in [-0.05, 0) is 43.2 Å². The van der Waals surface area contributed by atoms with Gasteiger partial charge in [-0.3, -0.25) is 14.6 Å². The molecule has 0 aliphatic heterocycles. The number of amides is 2. The summed E-state index contributed by atoms with van der Waals surface area (Å²) in [5.74, 6) is -3.03. The van der Waals surface area contributed by atoms with Crippen molar-refractivity contribution in [1.82, 2.24) is 9.88 Å². The number of primary amides is 1. The molecule has 0 spiro atoms. The van der Waals surface area contributed by atoms with E-state index in [0.29, 0.717) is 29.5 Å². The van der Waals surface area contributed by atoms with E-state index >= 15 is 0 Å². The number of nitrogens with one attached hydrogen (secondary N) is 1. The number of benzene rings is 1. The van der Waals surface area contributed by atoms with E-state index in [4.69, 9.17) is 32.0 Å². The first kappa shape index (κ1) is 28.7. The molecule has 1 saturated carbocycles. The van der Waals surface area contributed by atoms with Crippen LogP contribution in [0, 0.1) is 0 Å². The molecule has 3 rings (SSSR count). The Bertz CT molecular complexity index is 1030. The van der Waals surface area contributed by atoms with E-state index in [9.17, 15) is 22.8 Å². The molecule has 1 fully saturated rings. The lowest BCUT2D eigenvalue weighted by molar-refractivity contribution is -0.192. The molecule has 2 amide bonds.